The van der Waals surface area contributed by atoms with Crippen LogP contribution in [0.1, 0.15) is 26.3 Å². The van der Waals surface area contributed by atoms with Crippen LogP contribution in [0.5, 0.6) is 0 Å². The summed E-state index contributed by atoms with van der Waals surface area (Å²) < 4.78 is 0. The van der Waals surface area contributed by atoms with Crippen LogP contribution < -0.4 is 5.32 Å². The number of amidine groups is 1. The van der Waals surface area contributed by atoms with Crippen molar-refractivity contribution in [1.82, 2.24) is 5.32 Å². The number of halogens is 2. The maximum absolute atomic E-state index is 6.18. The second-order valence-corrected chi connectivity index (χ2v) is 7.32. The Labute approximate surface area is 140 Å². The van der Waals surface area contributed by atoms with Gasteiger partial charge in [0.05, 0.1) is 5.54 Å². The molecule has 2 nitrogen and oxygen atoms in total. The average Bonchev–Trinajstić information content (AvgIpc) is 2.36. The first-order valence-electron chi connectivity index (χ1n) is 6.75. The van der Waals surface area contributed by atoms with Gasteiger partial charge < -0.3 is 5.32 Å². The minimum absolute atomic E-state index is 0.202. The summed E-state index contributed by atoms with van der Waals surface area (Å²) in [6.45, 7) is 6.30. The van der Waals surface area contributed by atoms with Gasteiger partial charge in [-0.05, 0) is 49.4 Å². The molecule has 1 aromatic carbocycles. The summed E-state index contributed by atoms with van der Waals surface area (Å²) in [6, 6.07) is 5.49. The van der Waals surface area contributed by atoms with E-state index in [1.54, 1.807) is 17.8 Å². The molecule has 0 aromatic heterocycles. The maximum atomic E-state index is 6.18. The quantitative estimate of drug-likeness (QED) is 0.798. The van der Waals surface area contributed by atoms with E-state index in [4.69, 9.17) is 23.2 Å². The molecule has 0 saturated heterocycles. The fourth-order valence-corrected chi connectivity index (χ4v) is 3.21. The Hall–Kier alpha value is -0.900. The molecule has 1 aromatic rings. The highest BCUT2D eigenvalue weighted by Crippen LogP contribution is 2.24. The van der Waals surface area contributed by atoms with Crippen molar-refractivity contribution in [2.45, 2.75) is 26.3 Å². The van der Waals surface area contributed by atoms with Gasteiger partial charge in [-0.1, -0.05) is 54.0 Å². The van der Waals surface area contributed by atoms with E-state index in [-0.39, 0.29) is 5.54 Å². The molecule has 0 bridgehead atoms. The Balaban J connectivity index is 2.19. The number of allylic oxidation sites excluding steroid dienone is 1. The van der Waals surface area contributed by atoms with Gasteiger partial charge in [0.1, 0.15) is 0 Å². The molecule has 1 aliphatic rings. The van der Waals surface area contributed by atoms with Crippen LogP contribution in [-0.4, -0.2) is 16.5 Å². The van der Waals surface area contributed by atoms with E-state index < -0.39 is 0 Å². The number of nitrogens with one attached hydrogen (secondary N) is 1. The molecule has 0 fully saturated rings. The molecule has 0 aliphatic carbocycles. The first-order chi connectivity index (χ1) is 9.89. The van der Waals surface area contributed by atoms with Crippen molar-refractivity contribution in [2.24, 2.45) is 4.99 Å². The molecular formula is C16H18Cl2N2S. The minimum Gasteiger partial charge on any atom is -0.335 e. The molecule has 0 unspecified atom stereocenters. The predicted molar refractivity (Wildman–Crippen MR) is 96.4 cm³/mol. The van der Waals surface area contributed by atoms with Gasteiger partial charge in [-0.25, -0.2) is 0 Å². The molecule has 2 rings (SSSR count). The first kappa shape index (κ1) is 16.5. The summed E-state index contributed by atoms with van der Waals surface area (Å²) in [4.78, 5) is 4.65. The number of thioether (sulfide) groups is 1. The van der Waals surface area contributed by atoms with Gasteiger partial charge in [0.15, 0.2) is 5.17 Å². The van der Waals surface area contributed by atoms with Crippen LogP contribution in [0.15, 0.2) is 41.0 Å². The summed E-state index contributed by atoms with van der Waals surface area (Å²) in [5, 5.41) is 5.57. The van der Waals surface area contributed by atoms with Gasteiger partial charge in [-0.15, -0.1) is 0 Å². The number of hydrogen-bond donors (Lipinski definition) is 1. The zero-order chi connectivity index (χ0) is 15.5. The fraction of sp³-hybridized carbons (Fsp3) is 0.312. The maximum Gasteiger partial charge on any atom is 0.161 e. The third-order valence-electron chi connectivity index (χ3n) is 2.84. The van der Waals surface area contributed by atoms with E-state index in [2.05, 4.69) is 37.2 Å². The summed E-state index contributed by atoms with van der Waals surface area (Å²) in [7, 11) is 0. The van der Waals surface area contributed by atoms with Gasteiger partial charge in [-0.2, -0.15) is 0 Å². The number of aliphatic imine (C=N–C) groups is 1. The molecule has 112 valence electrons. The lowest BCUT2D eigenvalue weighted by Gasteiger charge is -2.25. The molecule has 0 spiro atoms. The van der Waals surface area contributed by atoms with E-state index in [1.165, 1.54) is 0 Å². The normalized spacial score (nSPS) is 17.4. The molecule has 0 radical (unpaired) electrons. The van der Waals surface area contributed by atoms with Crippen molar-refractivity contribution in [3.8, 4) is 0 Å². The lowest BCUT2D eigenvalue weighted by atomic mass is 10.0. The van der Waals surface area contributed by atoms with Crippen molar-refractivity contribution in [2.75, 3.05) is 5.75 Å². The summed E-state index contributed by atoms with van der Waals surface area (Å²) >= 11 is 13.8. The van der Waals surface area contributed by atoms with Crippen LogP contribution in [0, 0.1) is 0 Å². The van der Waals surface area contributed by atoms with Gasteiger partial charge in [0.25, 0.3) is 0 Å². The Morgan fingerprint density at radius 3 is 2.71 bits per heavy atom. The van der Waals surface area contributed by atoms with E-state index in [9.17, 15) is 0 Å². The molecule has 1 N–H and O–H groups in total. The molecule has 0 saturated carbocycles. The minimum atomic E-state index is -0.202. The van der Waals surface area contributed by atoms with Gasteiger partial charge >= 0.3 is 0 Å². The molecule has 5 heteroatoms. The lowest BCUT2D eigenvalue weighted by molar-refractivity contribution is 0.639. The summed E-state index contributed by atoms with van der Waals surface area (Å²) in [5.74, 6) is 0.988. The zero-order valence-electron chi connectivity index (χ0n) is 12.3. The first-order valence-corrected chi connectivity index (χ1v) is 8.49. The summed E-state index contributed by atoms with van der Waals surface area (Å²) in [5.41, 5.74) is 1.76. The van der Waals surface area contributed by atoms with Crippen LogP contribution in [0.25, 0.3) is 6.08 Å². The van der Waals surface area contributed by atoms with Crippen LogP contribution in [0.4, 0.5) is 0 Å². The van der Waals surface area contributed by atoms with Crippen molar-refractivity contribution in [3.05, 3.63) is 51.7 Å². The van der Waals surface area contributed by atoms with Gasteiger partial charge in [-0.3, -0.25) is 4.99 Å². The predicted octanol–water partition coefficient (Wildman–Crippen LogP) is 5.38. The third kappa shape index (κ3) is 4.80. The number of hydrogen-bond acceptors (Lipinski definition) is 3. The topological polar surface area (TPSA) is 24.4 Å². The van der Waals surface area contributed by atoms with Gasteiger partial charge in [0.2, 0.25) is 0 Å². The summed E-state index contributed by atoms with van der Waals surface area (Å²) in [6.07, 6.45) is 6.10. The lowest BCUT2D eigenvalue weighted by Crippen LogP contribution is -2.31. The van der Waals surface area contributed by atoms with Gasteiger partial charge in [0, 0.05) is 15.7 Å². The van der Waals surface area contributed by atoms with E-state index in [0.717, 1.165) is 22.2 Å². The third-order valence-corrected chi connectivity index (χ3v) is 4.15. The average molecular weight is 341 g/mol. The van der Waals surface area contributed by atoms with Crippen LogP contribution in [-0.2, 0) is 0 Å². The second-order valence-electron chi connectivity index (χ2n) is 5.23. The van der Waals surface area contributed by atoms with Crippen molar-refractivity contribution in [3.63, 3.8) is 0 Å². The van der Waals surface area contributed by atoms with Crippen molar-refractivity contribution in [1.29, 1.82) is 0 Å². The molecule has 21 heavy (non-hydrogen) atoms. The van der Waals surface area contributed by atoms with Crippen LogP contribution >= 0.6 is 35.0 Å². The largest absolute Gasteiger partial charge is 0.335 e. The molecule has 1 heterocycles. The Morgan fingerprint density at radius 2 is 2.05 bits per heavy atom. The number of benzene rings is 1. The smallest absolute Gasteiger partial charge is 0.161 e. The molecule has 0 amide bonds. The highest BCUT2D eigenvalue weighted by Gasteiger charge is 2.20. The Morgan fingerprint density at radius 1 is 1.29 bits per heavy atom. The standard InChI is InChI=1S/C16H18Cl2N2S/c1-4-21-15-19-13(10-16(2,3)20-15)8-6-11-5-7-12(17)9-14(11)18/h5-10H,4H2,1-3H3,(H,19,20)/b8-6+. The Bertz CT molecular complexity index is 619. The fourth-order valence-electron chi connectivity index (χ4n) is 1.97. The van der Waals surface area contributed by atoms with Crippen LogP contribution in [0.2, 0.25) is 10.0 Å². The van der Waals surface area contributed by atoms with Crippen LogP contribution in [0.3, 0.4) is 0 Å². The zero-order valence-corrected chi connectivity index (χ0v) is 14.6. The Kier molecular flexibility index (Phi) is 5.42. The second kappa shape index (κ2) is 6.91. The molecule has 0 atom stereocenters. The highest BCUT2D eigenvalue weighted by molar-refractivity contribution is 8.13. The molecular weight excluding hydrogens is 323 g/mol. The number of rotatable bonds is 3. The van der Waals surface area contributed by atoms with Crippen molar-refractivity contribution >= 4 is 46.2 Å². The van der Waals surface area contributed by atoms with E-state index >= 15 is 0 Å². The SMILES string of the molecule is CCSC1=NC(C)(C)C=C(/C=C/c2ccc(Cl)cc2Cl)N1. The van der Waals surface area contributed by atoms with E-state index in [1.807, 2.05) is 24.3 Å². The monoisotopic (exact) mass is 340 g/mol. The molecule has 1 aliphatic heterocycles. The highest BCUT2D eigenvalue weighted by atomic mass is 35.5. The van der Waals surface area contributed by atoms with E-state index in [0.29, 0.717) is 10.0 Å². The number of nitrogens with zero attached hydrogens (tertiary/aromatic N) is 1. The van der Waals surface area contributed by atoms with Crippen molar-refractivity contribution < 1.29 is 0 Å².